The highest BCUT2D eigenvalue weighted by Gasteiger charge is 2.38. The molecule has 4 aromatic rings. The first kappa shape index (κ1) is 27.7. The summed E-state index contributed by atoms with van der Waals surface area (Å²) in [5, 5.41) is 12.5. The van der Waals surface area contributed by atoms with Gasteiger partial charge in [-0.15, -0.1) is 0 Å². The largest absolute Gasteiger partial charge is 0.392 e. The average molecular weight is 538 g/mol. The van der Waals surface area contributed by atoms with E-state index < -0.39 is 6.29 Å². The number of ether oxygens (including phenoxy) is 2. The van der Waals surface area contributed by atoms with Gasteiger partial charge in [0.1, 0.15) is 0 Å². The molecule has 0 bridgehead atoms. The summed E-state index contributed by atoms with van der Waals surface area (Å²) in [4.78, 5) is 19.0. The quantitative estimate of drug-likeness (QED) is 0.283. The molecule has 5 rings (SSSR count). The number of likely N-dealkylation sites (N-methyl/N-ethyl adjacent to an activating group) is 1. The summed E-state index contributed by atoms with van der Waals surface area (Å²) in [7, 11) is 2.10. The van der Waals surface area contributed by atoms with Crippen LogP contribution in [0.15, 0.2) is 103 Å². The van der Waals surface area contributed by atoms with Crippen LogP contribution in [0.5, 0.6) is 0 Å². The van der Waals surface area contributed by atoms with E-state index in [0.717, 1.165) is 29.8 Å². The van der Waals surface area contributed by atoms with Crippen molar-refractivity contribution in [2.45, 2.75) is 38.6 Å². The van der Waals surface area contributed by atoms with Crippen molar-refractivity contribution in [1.82, 2.24) is 9.88 Å². The van der Waals surface area contributed by atoms with E-state index in [0.29, 0.717) is 11.3 Å². The molecule has 2 N–H and O–H groups in total. The summed E-state index contributed by atoms with van der Waals surface area (Å²) >= 11 is 0. The van der Waals surface area contributed by atoms with Crippen molar-refractivity contribution >= 4 is 11.6 Å². The summed E-state index contributed by atoms with van der Waals surface area (Å²) in [6, 6.07) is 29.3. The summed E-state index contributed by atoms with van der Waals surface area (Å²) in [6.45, 7) is 3.69. The number of rotatable bonds is 9. The highest BCUT2D eigenvalue weighted by atomic mass is 16.7. The maximum Gasteiger partial charge on any atom is 0.257 e. The number of nitrogens with one attached hydrogen (secondary N) is 1. The number of hydrogen-bond acceptors (Lipinski definition) is 6. The van der Waals surface area contributed by atoms with E-state index in [1.165, 1.54) is 11.8 Å². The number of benzene rings is 3. The Labute approximate surface area is 235 Å². The molecule has 1 saturated heterocycles. The zero-order valence-corrected chi connectivity index (χ0v) is 22.8. The number of carbonyl (C=O) groups is 1. The van der Waals surface area contributed by atoms with E-state index in [1.54, 1.807) is 18.3 Å². The van der Waals surface area contributed by atoms with Gasteiger partial charge in [0.2, 0.25) is 0 Å². The van der Waals surface area contributed by atoms with Crippen LogP contribution in [0.3, 0.4) is 0 Å². The van der Waals surface area contributed by atoms with E-state index >= 15 is 0 Å². The van der Waals surface area contributed by atoms with Gasteiger partial charge >= 0.3 is 0 Å². The minimum atomic E-state index is -0.621. The van der Waals surface area contributed by atoms with Crippen molar-refractivity contribution in [3.8, 4) is 0 Å². The average Bonchev–Trinajstić information content (AvgIpc) is 2.99. The standard InChI is InChI=1S/C33H35N3O4/c1-23-30(21-36(2)20-24-8-4-3-5-9-24)39-33(40-31(23)26-15-13-25(22-37)14-16-26)27-10-6-12-29(18-27)35-32(38)28-11-7-17-34-19-28/h3-19,23,30-31,33,37H,20-22H2,1-2H3,(H,35,38)/t23-,30+,31+,33+/m0/s1. The lowest BCUT2D eigenvalue weighted by Gasteiger charge is -2.42. The van der Waals surface area contributed by atoms with E-state index in [1.807, 2.05) is 54.6 Å². The van der Waals surface area contributed by atoms with Crippen molar-refractivity contribution in [2.24, 2.45) is 5.92 Å². The van der Waals surface area contributed by atoms with Gasteiger partial charge in [0.15, 0.2) is 6.29 Å². The molecule has 1 aliphatic heterocycles. The molecule has 0 radical (unpaired) electrons. The van der Waals surface area contributed by atoms with Crippen LogP contribution in [0, 0.1) is 5.92 Å². The highest BCUT2D eigenvalue weighted by Crippen LogP contribution is 2.42. The molecule has 2 heterocycles. The second-order valence-electron chi connectivity index (χ2n) is 10.3. The minimum absolute atomic E-state index is 0.00243. The minimum Gasteiger partial charge on any atom is -0.392 e. The number of pyridine rings is 1. The van der Waals surface area contributed by atoms with Crippen molar-refractivity contribution in [1.29, 1.82) is 0 Å². The van der Waals surface area contributed by atoms with Crippen molar-refractivity contribution in [3.05, 3.63) is 131 Å². The Morgan fingerprint density at radius 2 is 1.73 bits per heavy atom. The molecule has 0 spiro atoms. The SMILES string of the molecule is C[C@H]1[C@@H](CN(C)Cc2ccccc2)O[C@@H](c2cccc(NC(=O)c3cccnc3)c2)O[C@H]1c1ccc(CO)cc1. The Morgan fingerprint density at radius 1 is 0.925 bits per heavy atom. The number of amides is 1. The number of nitrogens with zero attached hydrogens (tertiary/aromatic N) is 2. The van der Waals surface area contributed by atoms with Gasteiger partial charge in [-0.25, -0.2) is 0 Å². The van der Waals surface area contributed by atoms with Crippen molar-refractivity contribution in [3.63, 3.8) is 0 Å². The molecule has 40 heavy (non-hydrogen) atoms. The van der Waals surface area contributed by atoms with Crippen LogP contribution in [0.4, 0.5) is 5.69 Å². The second-order valence-corrected chi connectivity index (χ2v) is 10.3. The Hall–Kier alpha value is -3.88. The molecule has 7 nitrogen and oxygen atoms in total. The maximum absolute atomic E-state index is 12.7. The second kappa shape index (κ2) is 13.0. The van der Waals surface area contributed by atoms with Crippen molar-refractivity contribution < 1.29 is 19.4 Å². The molecule has 1 aliphatic rings. The predicted octanol–water partition coefficient (Wildman–Crippen LogP) is 5.75. The van der Waals surface area contributed by atoms with Crippen LogP contribution in [0.25, 0.3) is 0 Å². The zero-order valence-electron chi connectivity index (χ0n) is 22.8. The number of aliphatic hydroxyl groups is 1. The maximum atomic E-state index is 12.7. The highest BCUT2D eigenvalue weighted by molar-refractivity contribution is 6.04. The lowest BCUT2D eigenvalue weighted by atomic mass is 9.90. The first-order valence-corrected chi connectivity index (χ1v) is 13.5. The van der Waals surface area contributed by atoms with Gasteiger partial charge in [-0.05, 0) is 48.0 Å². The molecule has 7 heteroatoms. The smallest absolute Gasteiger partial charge is 0.257 e. The van der Waals surface area contributed by atoms with Gasteiger partial charge in [0.25, 0.3) is 5.91 Å². The van der Waals surface area contributed by atoms with Crippen LogP contribution in [-0.2, 0) is 22.6 Å². The van der Waals surface area contributed by atoms with Gasteiger partial charge in [-0.3, -0.25) is 14.7 Å². The number of anilines is 1. The molecular formula is C33H35N3O4. The number of aliphatic hydroxyl groups excluding tert-OH is 1. The Balaban J connectivity index is 1.38. The molecular weight excluding hydrogens is 502 g/mol. The number of aromatic nitrogens is 1. The molecule has 1 fully saturated rings. The number of carbonyl (C=O) groups excluding carboxylic acids is 1. The lowest BCUT2D eigenvalue weighted by molar-refractivity contribution is -0.276. The van der Waals surface area contributed by atoms with Crippen LogP contribution in [-0.4, -0.2) is 40.6 Å². The fourth-order valence-corrected chi connectivity index (χ4v) is 5.06. The summed E-state index contributed by atoms with van der Waals surface area (Å²) in [5.41, 5.74) is 5.10. The van der Waals surface area contributed by atoms with Gasteiger partial charge < -0.3 is 19.9 Å². The van der Waals surface area contributed by atoms with Gasteiger partial charge in [0, 0.05) is 42.7 Å². The third-order valence-electron chi connectivity index (χ3n) is 7.25. The van der Waals surface area contributed by atoms with Gasteiger partial charge in [-0.1, -0.05) is 73.7 Å². The first-order valence-electron chi connectivity index (χ1n) is 13.5. The zero-order chi connectivity index (χ0) is 27.9. The van der Waals surface area contributed by atoms with Gasteiger partial charge in [0.05, 0.1) is 24.4 Å². The summed E-state index contributed by atoms with van der Waals surface area (Å²) in [6.07, 6.45) is 2.23. The molecule has 0 aliphatic carbocycles. The van der Waals surface area contributed by atoms with Crippen LogP contribution < -0.4 is 5.32 Å². The molecule has 4 atom stereocenters. The van der Waals surface area contributed by atoms with E-state index in [9.17, 15) is 9.90 Å². The van der Waals surface area contributed by atoms with Crippen LogP contribution >= 0.6 is 0 Å². The molecule has 1 aromatic heterocycles. The van der Waals surface area contributed by atoms with Gasteiger partial charge in [-0.2, -0.15) is 0 Å². The predicted molar refractivity (Wildman–Crippen MR) is 154 cm³/mol. The third kappa shape index (κ3) is 6.81. The lowest BCUT2D eigenvalue weighted by Crippen LogP contribution is -2.43. The van der Waals surface area contributed by atoms with E-state index in [-0.39, 0.29) is 30.6 Å². The van der Waals surface area contributed by atoms with E-state index in [2.05, 4.69) is 53.4 Å². The molecule has 0 saturated carbocycles. The molecule has 3 aromatic carbocycles. The summed E-state index contributed by atoms with van der Waals surface area (Å²) in [5.74, 6) is -0.158. The topological polar surface area (TPSA) is 83.9 Å². The Kier molecular flexibility index (Phi) is 8.98. The first-order chi connectivity index (χ1) is 19.5. The van der Waals surface area contributed by atoms with Crippen LogP contribution in [0.1, 0.15) is 51.9 Å². The van der Waals surface area contributed by atoms with E-state index in [4.69, 9.17) is 9.47 Å². The molecule has 0 unspecified atom stereocenters. The van der Waals surface area contributed by atoms with Crippen LogP contribution in [0.2, 0.25) is 0 Å². The van der Waals surface area contributed by atoms with Crippen molar-refractivity contribution in [2.75, 3.05) is 18.9 Å². The Bertz CT molecular complexity index is 1380. The monoisotopic (exact) mass is 537 g/mol. The molecule has 1 amide bonds. The third-order valence-corrected chi connectivity index (χ3v) is 7.25. The Morgan fingerprint density at radius 3 is 2.45 bits per heavy atom. The fraction of sp³-hybridized carbons (Fsp3) is 0.273. The number of hydrogen-bond donors (Lipinski definition) is 2. The normalized spacial score (nSPS) is 20.8. The fourth-order valence-electron chi connectivity index (χ4n) is 5.06. The molecule has 206 valence electrons. The summed E-state index contributed by atoms with van der Waals surface area (Å²) < 4.78 is 13.2.